The van der Waals surface area contributed by atoms with E-state index in [4.69, 9.17) is 5.73 Å². The summed E-state index contributed by atoms with van der Waals surface area (Å²) in [6.07, 6.45) is 3.22. The predicted octanol–water partition coefficient (Wildman–Crippen LogP) is 2.36. The highest BCUT2D eigenvalue weighted by molar-refractivity contribution is 9.10. The predicted molar refractivity (Wildman–Crippen MR) is 63.7 cm³/mol. The zero-order valence-electron chi connectivity index (χ0n) is 8.26. The van der Waals surface area contributed by atoms with Crippen molar-refractivity contribution in [2.75, 3.05) is 0 Å². The molecule has 1 aromatic carbocycles. The largest absolute Gasteiger partial charge is 0.325 e. The summed E-state index contributed by atoms with van der Waals surface area (Å²) in [6, 6.07) is 6.18. The lowest BCUT2D eigenvalue weighted by molar-refractivity contribution is 0.675. The molecule has 1 aliphatic rings. The summed E-state index contributed by atoms with van der Waals surface area (Å²) in [5.74, 6) is 0. The van der Waals surface area contributed by atoms with Crippen LogP contribution in [0.4, 0.5) is 0 Å². The van der Waals surface area contributed by atoms with Gasteiger partial charge < -0.3 is 5.73 Å². The van der Waals surface area contributed by atoms with Crippen molar-refractivity contribution in [1.29, 1.82) is 0 Å². The number of benzene rings is 1. The van der Waals surface area contributed by atoms with Gasteiger partial charge in [-0.05, 0) is 46.8 Å². The van der Waals surface area contributed by atoms with Crippen LogP contribution >= 0.6 is 15.9 Å². The molecule has 0 unspecified atom stereocenters. The van der Waals surface area contributed by atoms with E-state index in [0.717, 1.165) is 29.4 Å². The van der Waals surface area contributed by atoms with E-state index in [0.29, 0.717) is 0 Å². The number of hydrogen-bond donors (Lipinski definition) is 2. The van der Waals surface area contributed by atoms with Crippen LogP contribution in [-0.2, 0) is 6.42 Å². The van der Waals surface area contributed by atoms with Crippen molar-refractivity contribution in [3.63, 3.8) is 0 Å². The number of rotatable bonds is 2. The first-order chi connectivity index (χ1) is 7.18. The van der Waals surface area contributed by atoms with Crippen LogP contribution in [-0.4, -0.2) is 15.7 Å². The van der Waals surface area contributed by atoms with E-state index in [-0.39, 0.29) is 5.54 Å². The number of nitrogens with one attached hydrogen (secondary N) is 1. The maximum Gasteiger partial charge on any atom is 0.109 e. The van der Waals surface area contributed by atoms with E-state index >= 15 is 0 Å². The highest BCUT2D eigenvalue weighted by Crippen LogP contribution is 2.38. The van der Waals surface area contributed by atoms with Gasteiger partial charge >= 0.3 is 0 Å². The number of aromatic amines is 1. The molecule has 1 heterocycles. The van der Waals surface area contributed by atoms with Gasteiger partial charge in [0.25, 0.3) is 0 Å². The average molecular weight is 266 g/mol. The van der Waals surface area contributed by atoms with E-state index in [1.807, 2.05) is 12.1 Å². The van der Waals surface area contributed by atoms with Crippen LogP contribution in [0.15, 0.2) is 22.8 Å². The molecule has 15 heavy (non-hydrogen) atoms. The molecule has 2 aromatic rings. The first-order valence-electron chi connectivity index (χ1n) is 5.08. The fraction of sp³-hybridized carbons (Fsp3) is 0.364. The second-order valence-corrected chi connectivity index (χ2v) is 5.18. The molecule has 1 aliphatic carbocycles. The highest BCUT2D eigenvalue weighted by Gasteiger charge is 2.38. The van der Waals surface area contributed by atoms with Gasteiger partial charge in [0.1, 0.15) is 4.60 Å². The lowest BCUT2D eigenvalue weighted by Gasteiger charge is -2.09. The molecule has 4 heteroatoms. The third kappa shape index (κ3) is 1.58. The molecule has 0 radical (unpaired) electrons. The Bertz CT molecular complexity index is 514. The third-order valence-electron chi connectivity index (χ3n) is 3.06. The number of halogens is 1. The van der Waals surface area contributed by atoms with E-state index in [2.05, 4.69) is 32.2 Å². The molecule has 0 spiro atoms. The Labute approximate surface area is 96.2 Å². The number of aromatic nitrogens is 2. The van der Waals surface area contributed by atoms with Gasteiger partial charge in [0.05, 0.1) is 5.52 Å². The van der Waals surface area contributed by atoms with E-state index < -0.39 is 0 Å². The third-order valence-corrected chi connectivity index (χ3v) is 3.63. The molecular weight excluding hydrogens is 254 g/mol. The van der Waals surface area contributed by atoms with Gasteiger partial charge in [0, 0.05) is 10.9 Å². The van der Waals surface area contributed by atoms with Crippen molar-refractivity contribution in [1.82, 2.24) is 10.2 Å². The van der Waals surface area contributed by atoms with Crippen molar-refractivity contribution in [3.05, 3.63) is 28.4 Å². The highest BCUT2D eigenvalue weighted by atomic mass is 79.9. The number of fused-ring (bicyclic) bond motifs is 1. The summed E-state index contributed by atoms with van der Waals surface area (Å²) in [5.41, 5.74) is 8.48. The van der Waals surface area contributed by atoms with Gasteiger partial charge in [-0.2, -0.15) is 5.10 Å². The topological polar surface area (TPSA) is 54.7 Å². The number of H-pyrrole nitrogens is 1. The van der Waals surface area contributed by atoms with Crippen LogP contribution in [0, 0.1) is 0 Å². The minimum Gasteiger partial charge on any atom is -0.325 e. The molecule has 1 aromatic heterocycles. The van der Waals surface area contributed by atoms with Crippen molar-refractivity contribution in [2.45, 2.75) is 24.8 Å². The first kappa shape index (κ1) is 9.36. The maximum absolute atomic E-state index is 6.14. The monoisotopic (exact) mass is 265 g/mol. The van der Waals surface area contributed by atoms with Gasteiger partial charge in [0.15, 0.2) is 0 Å². The molecule has 0 bridgehead atoms. The van der Waals surface area contributed by atoms with Crippen LogP contribution in [0.3, 0.4) is 0 Å². The normalized spacial score (nSPS) is 18.3. The van der Waals surface area contributed by atoms with Crippen LogP contribution < -0.4 is 5.73 Å². The molecule has 0 amide bonds. The fourth-order valence-corrected chi connectivity index (χ4v) is 2.51. The summed E-state index contributed by atoms with van der Waals surface area (Å²) in [4.78, 5) is 0. The first-order valence-corrected chi connectivity index (χ1v) is 5.88. The number of nitrogens with zero attached hydrogens (tertiary/aromatic N) is 1. The van der Waals surface area contributed by atoms with Crippen LogP contribution in [0.1, 0.15) is 18.4 Å². The zero-order valence-corrected chi connectivity index (χ0v) is 9.84. The van der Waals surface area contributed by atoms with Gasteiger partial charge in [-0.3, -0.25) is 5.10 Å². The number of nitrogens with two attached hydrogens (primary N) is 1. The zero-order chi connectivity index (χ0) is 10.5. The van der Waals surface area contributed by atoms with Crippen molar-refractivity contribution < 1.29 is 0 Å². The van der Waals surface area contributed by atoms with Gasteiger partial charge in [-0.15, -0.1) is 0 Å². The van der Waals surface area contributed by atoms with E-state index in [9.17, 15) is 0 Å². The second kappa shape index (κ2) is 3.06. The summed E-state index contributed by atoms with van der Waals surface area (Å²) >= 11 is 3.49. The molecule has 1 saturated carbocycles. The van der Waals surface area contributed by atoms with E-state index in [1.165, 1.54) is 10.9 Å². The minimum absolute atomic E-state index is 0.0466. The minimum atomic E-state index is 0.0466. The molecule has 3 N–H and O–H groups in total. The summed E-state index contributed by atoms with van der Waals surface area (Å²) < 4.78 is 0.956. The Morgan fingerprint density at radius 2 is 2.27 bits per heavy atom. The molecular formula is C11H12BrN3. The Morgan fingerprint density at radius 1 is 1.47 bits per heavy atom. The smallest absolute Gasteiger partial charge is 0.109 e. The molecule has 1 fully saturated rings. The van der Waals surface area contributed by atoms with Gasteiger partial charge in [-0.25, -0.2) is 0 Å². The molecule has 0 saturated heterocycles. The number of hydrogen-bond acceptors (Lipinski definition) is 2. The summed E-state index contributed by atoms with van der Waals surface area (Å²) in [5, 5.41) is 8.34. The Balaban J connectivity index is 2.12. The van der Waals surface area contributed by atoms with Crippen LogP contribution in [0.2, 0.25) is 0 Å². The molecule has 3 rings (SSSR count). The van der Waals surface area contributed by atoms with Crippen molar-refractivity contribution >= 4 is 26.8 Å². The lowest BCUT2D eigenvalue weighted by atomic mass is 10.0. The Morgan fingerprint density at radius 3 is 3.00 bits per heavy atom. The fourth-order valence-electron chi connectivity index (χ4n) is 1.96. The average Bonchev–Trinajstić information content (AvgIpc) is 2.80. The second-order valence-electron chi connectivity index (χ2n) is 4.39. The molecule has 0 atom stereocenters. The van der Waals surface area contributed by atoms with Crippen LogP contribution in [0.5, 0.6) is 0 Å². The van der Waals surface area contributed by atoms with Crippen LogP contribution in [0.25, 0.3) is 10.9 Å². The van der Waals surface area contributed by atoms with Crippen molar-refractivity contribution in [3.8, 4) is 0 Å². The van der Waals surface area contributed by atoms with E-state index in [1.54, 1.807) is 0 Å². The van der Waals surface area contributed by atoms with Gasteiger partial charge in [-0.1, -0.05) is 12.1 Å². The lowest BCUT2D eigenvalue weighted by Crippen LogP contribution is -2.24. The van der Waals surface area contributed by atoms with Gasteiger partial charge in [0.2, 0.25) is 0 Å². The Hall–Kier alpha value is -0.870. The SMILES string of the molecule is NC1(Cc2cccc3n[nH]c(Br)c23)CC1. The summed E-state index contributed by atoms with van der Waals surface area (Å²) in [6.45, 7) is 0. The Kier molecular flexibility index (Phi) is 1.91. The molecule has 78 valence electrons. The quantitative estimate of drug-likeness (QED) is 0.876. The standard InChI is InChI=1S/C11H12BrN3/c12-10-9-7(6-11(13)4-5-11)2-1-3-8(9)14-15-10/h1-3H,4-6,13H2,(H,14,15). The summed E-state index contributed by atoms with van der Waals surface area (Å²) in [7, 11) is 0. The van der Waals surface area contributed by atoms with Crippen molar-refractivity contribution in [2.24, 2.45) is 5.73 Å². The molecule has 0 aliphatic heterocycles. The maximum atomic E-state index is 6.14. The molecule has 3 nitrogen and oxygen atoms in total.